The van der Waals surface area contributed by atoms with Crippen LogP contribution in [0.15, 0.2) is 54.9 Å². The predicted octanol–water partition coefficient (Wildman–Crippen LogP) is 4.73. The number of fused-ring (bicyclic) bond motifs is 1. The Bertz CT molecular complexity index is 1020. The van der Waals surface area contributed by atoms with Crippen LogP contribution in [-0.2, 0) is 0 Å². The number of rotatable bonds is 3. The summed E-state index contributed by atoms with van der Waals surface area (Å²) in [5.74, 6) is 0.520. The second kappa shape index (κ2) is 5.94. The third-order valence-corrected chi connectivity index (χ3v) is 3.91. The van der Waals surface area contributed by atoms with Crippen LogP contribution in [0.2, 0.25) is 5.02 Å². The molecule has 0 aliphatic heterocycles. The maximum Gasteiger partial charge on any atom is 0.227 e. The molecule has 0 fully saturated rings. The number of nitrogens with zero attached hydrogens (tertiary/aromatic N) is 3. The number of pyridine rings is 1. The molecule has 4 aromatic rings. The predicted molar refractivity (Wildman–Crippen MR) is 96.6 cm³/mol. The van der Waals surface area contributed by atoms with E-state index in [1.165, 1.54) is 0 Å². The standard InChI is InChI=1S/C18H14ClN5/c1-11-9-15-14(5-7-20-17(15)22-11)16-6-8-21-18(24-16)23-13-4-2-3-12(19)10-13/h2-10H,1H3,(H,20,22)(H,21,23,24). The van der Waals surface area contributed by atoms with E-state index in [-0.39, 0.29) is 0 Å². The molecular formula is C18H14ClN5. The molecule has 4 rings (SSSR count). The van der Waals surface area contributed by atoms with E-state index in [4.69, 9.17) is 11.6 Å². The van der Waals surface area contributed by atoms with Crippen LogP contribution < -0.4 is 5.32 Å². The zero-order chi connectivity index (χ0) is 16.5. The second-order valence-corrected chi connectivity index (χ2v) is 5.91. The maximum atomic E-state index is 6.01. The molecule has 1 aromatic carbocycles. The van der Waals surface area contributed by atoms with Gasteiger partial charge in [0.25, 0.3) is 0 Å². The first-order valence-corrected chi connectivity index (χ1v) is 7.87. The molecule has 0 spiro atoms. The summed E-state index contributed by atoms with van der Waals surface area (Å²) in [6, 6.07) is 13.4. The van der Waals surface area contributed by atoms with Gasteiger partial charge in [-0.05, 0) is 43.3 Å². The fraction of sp³-hybridized carbons (Fsp3) is 0.0556. The minimum absolute atomic E-state index is 0.520. The monoisotopic (exact) mass is 335 g/mol. The molecule has 0 unspecified atom stereocenters. The SMILES string of the molecule is Cc1cc2c(-c3ccnc(Nc4cccc(Cl)c4)n3)ccnc2[nH]1. The lowest BCUT2D eigenvalue weighted by Crippen LogP contribution is -1.98. The number of halogens is 1. The van der Waals surface area contributed by atoms with Crippen LogP contribution in [0.3, 0.4) is 0 Å². The molecule has 2 N–H and O–H groups in total. The van der Waals surface area contributed by atoms with Crippen molar-refractivity contribution in [2.45, 2.75) is 6.92 Å². The van der Waals surface area contributed by atoms with Gasteiger partial charge in [0.15, 0.2) is 0 Å². The summed E-state index contributed by atoms with van der Waals surface area (Å²) in [4.78, 5) is 16.5. The van der Waals surface area contributed by atoms with Crippen LogP contribution in [-0.4, -0.2) is 19.9 Å². The van der Waals surface area contributed by atoms with E-state index >= 15 is 0 Å². The zero-order valence-corrected chi connectivity index (χ0v) is 13.7. The molecule has 0 radical (unpaired) electrons. The summed E-state index contributed by atoms with van der Waals surface area (Å²) >= 11 is 6.01. The number of nitrogens with one attached hydrogen (secondary N) is 2. The van der Waals surface area contributed by atoms with Crippen molar-refractivity contribution in [2.75, 3.05) is 5.32 Å². The fourth-order valence-corrected chi connectivity index (χ4v) is 2.84. The summed E-state index contributed by atoms with van der Waals surface area (Å²) in [6.45, 7) is 2.01. The highest BCUT2D eigenvalue weighted by Crippen LogP contribution is 2.27. The average molecular weight is 336 g/mol. The van der Waals surface area contributed by atoms with Crippen LogP contribution in [0.5, 0.6) is 0 Å². The first kappa shape index (κ1) is 14.7. The number of anilines is 2. The van der Waals surface area contributed by atoms with Gasteiger partial charge in [-0.1, -0.05) is 17.7 Å². The maximum absolute atomic E-state index is 6.01. The van der Waals surface area contributed by atoms with Gasteiger partial charge in [0.05, 0.1) is 5.69 Å². The minimum Gasteiger partial charge on any atom is -0.344 e. The molecule has 0 atom stereocenters. The second-order valence-electron chi connectivity index (χ2n) is 5.47. The van der Waals surface area contributed by atoms with Crippen molar-refractivity contribution < 1.29 is 0 Å². The van der Waals surface area contributed by atoms with Crippen molar-refractivity contribution in [3.05, 3.63) is 65.6 Å². The molecule has 0 saturated carbocycles. The number of H-pyrrole nitrogens is 1. The molecule has 24 heavy (non-hydrogen) atoms. The van der Waals surface area contributed by atoms with Gasteiger partial charge in [-0.15, -0.1) is 0 Å². The smallest absolute Gasteiger partial charge is 0.227 e. The van der Waals surface area contributed by atoms with E-state index in [2.05, 4.69) is 31.3 Å². The normalized spacial score (nSPS) is 10.9. The van der Waals surface area contributed by atoms with Gasteiger partial charge in [0.1, 0.15) is 5.65 Å². The molecule has 0 bridgehead atoms. The minimum atomic E-state index is 0.520. The largest absolute Gasteiger partial charge is 0.344 e. The Kier molecular flexibility index (Phi) is 3.63. The van der Waals surface area contributed by atoms with Crippen molar-refractivity contribution in [1.82, 2.24) is 19.9 Å². The molecule has 118 valence electrons. The van der Waals surface area contributed by atoms with E-state index in [1.54, 1.807) is 12.4 Å². The lowest BCUT2D eigenvalue weighted by Gasteiger charge is -2.07. The molecule has 0 aliphatic rings. The van der Waals surface area contributed by atoms with E-state index in [1.807, 2.05) is 43.3 Å². The number of benzene rings is 1. The van der Waals surface area contributed by atoms with E-state index in [0.29, 0.717) is 11.0 Å². The Morgan fingerprint density at radius 1 is 1.04 bits per heavy atom. The molecule has 3 aromatic heterocycles. The van der Waals surface area contributed by atoms with Crippen LogP contribution in [0, 0.1) is 6.92 Å². The summed E-state index contributed by atoms with van der Waals surface area (Å²) in [5, 5.41) is 4.88. The summed E-state index contributed by atoms with van der Waals surface area (Å²) in [5.41, 5.74) is 4.61. The van der Waals surface area contributed by atoms with Gasteiger partial charge in [-0.2, -0.15) is 0 Å². The van der Waals surface area contributed by atoms with Gasteiger partial charge in [0, 0.05) is 39.7 Å². The highest BCUT2D eigenvalue weighted by molar-refractivity contribution is 6.30. The van der Waals surface area contributed by atoms with E-state index in [9.17, 15) is 0 Å². The Balaban J connectivity index is 1.74. The number of aryl methyl sites for hydroxylation is 1. The summed E-state index contributed by atoms with van der Waals surface area (Å²) in [7, 11) is 0. The molecule has 3 heterocycles. The number of aromatic nitrogens is 4. The zero-order valence-electron chi connectivity index (χ0n) is 12.9. The third-order valence-electron chi connectivity index (χ3n) is 3.68. The highest BCUT2D eigenvalue weighted by atomic mass is 35.5. The first-order chi connectivity index (χ1) is 11.7. The Hall–Kier alpha value is -2.92. The van der Waals surface area contributed by atoms with Crippen molar-refractivity contribution in [1.29, 1.82) is 0 Å². The molecule has 5 nitrogen and oxygen atoms in total. The van der Waals surface area contributed by atoms with Gasteiger partial charge in [0.2, 0.25) is 5.95 Å². The third kappa shape index (κ3) is 2.81. The van der Waals surface area contributed by atoms with E-state index in [0.717, 1.165) is 33.7 Å². The molecular weight excluding hydrogens is 322 g/mol. The van der Waals surface area contributed by atoms with Gasteiger partial charge in [-0.3, -0.25) is 0 Å². The Morgan fingerprint density at radius 2 is 1.92 bits per heavy atom. The van der Waals surface area contributed by atoms with Crippen LogP contribution >= 0.6 is 11.6 Å². The van der Waals surface area contributed by atoms with Crippen molar-refractivity contribution in [3.63, 3.8) is 0 Å². The summed E-state index contributed by atoms with van der Waals surface area (Å²) < 4.78 is 0. The lowest BCUT2D eigenvalue weighted by atomic mass is 10.1. The Morgan fingerprint density at radius 3 is 2.79 bits per heavy atom. The lowest BCUT2D eigenvalue weighted by molar-refractivity contribution is 1.17. The van der Waals surface area contributed by atoms with Gasteiger partial charge >= 0.3 is 0 Å². The average Bonchev–Trinajstić information content (AvgIpc) is 2.95. The highest BCUT2D eigenvalue weighted by Gasteiger charge is 2.09. The van der Waals surface area contributed by atoms with Gasteiger partial charge in [-0.25, -0.2) is 15.0 Å². The van der Waals surface area contributed by atoms with Crippen molar-refractivity contribution >= 4 is 34.3 Å². The number of hydrogen-bond acceptors (Lipinski definition) is 4. The molecule has 0 aliphatic carbocycles. The van der Waals surface area contributed by atoms with Crippen LogP contribution in [0.1, 0.15) is 5.69 Å². The molecule has 6 heteroatoms. The van der Waals surface area contributed by atoms with Gasteiger partial charge < -0.3 is 10.3 Å². The number of hydrogen-bond donors (Lipinski definition) is 2. The van der Waals surface area contributed by atoms with Crippen LogP contribution in [0.4, 0.5) is 11.6 Å². The molecule has 0 amide bonds. The number of aromatic amines is 1. The fourth-order valence-electron chi connectivity index (χ4n) is 2.65. The van der Waals surface area contributed by atoms with Crippen molar-refractivity contribution in [3.8, 4) is 11.3 Å². The quantitative estimate of drug-likeness (QED) is 0.568. The van der Waals surface area contributed by atoms with Crippen LogP contribution in [0.25, 0.3) is 22.3 Å². The topological polar surface area (TPSA) is 66.5 Å². The Labute approximate surface area is 143 Å². The van der Waals surface area contributed by atoms with E-state index < -0.39 is 0 Å². The summed E-state index contributed by atoms with van der Waals surface area (Å²) in [6.07, 6.45) is 3.51. The first-order valence-electron chi connectivity index (χ1n) is 7.49. The molecule has 0 saturated heterocycles. The van der Waals surface area contributed by atoms with Crippen molar-refractivity contribution in [2.24, 2.45) is 0 Å².